The molecule has 8 heteroatoms. The van der Waals surface area contributed by atoms with E-state index in [1.807, 2.05) is 0 Å². The molecule has 5 nitrogen and oxygen atoms in total. The van der Waals surface area contributed by atoms with E-state index in [1.54, 1.807) is 6.92 Å². The van der Waals surface area contributed by atoms with Crippen LogP contribution in [0.2, 0.25) is 0 Å². The summed E-state index contributed by atoms with van der Waals surface area (Å²) in [4.78, 5) is 23.9. The van der Waals surface area contributed by atoms with E-state index in [9.17, 15) is 23.7 Å². The topological polar surface area (TPSA) is 63.5 Å². The van der Waals surface area contributed by atoms with Gasteiger partial charge in [0.05, 0.1) is 15.8 Å². The molecule has 0 aliphatic heterocycles. The lowest BCUT2D eigenvalue weighted by molar-refractivity contribution is -0.380. The summed E-state index contributed by atoms with van der Waals surface area (Å²) in [5, 5.41) is 10.5. The van der Waals surface area contributed by atoms with Gasteiger partial charge in [0.1, 0.15) is 0 Å². The van der Waals surface area contributed by atoms with Gasteiger partial charge in [0.25, 0.3) is 5.91 Å². The molecule has 0 bridgehead atoms. The van der Waals surface area contributed by atoms with Gasteiger partial charge in [-0.05, 0) is 30.7 Å². The predicted molar refractivity (Wildman–Crippen MR) is 77.8 cm³/mol. The van der Waals surface area contributed by atoms with Crippen molar-refractivity contribution in [2.24, 2.45) is 0 Å². The van der Waals surface area contributed by atoms with Crippen molar-refractivity contribution < 1.29 is 18.5 Å². The van der Waals surface area contributed by atoms with Crippen molar-refractivity contribution in [3.8, 4) is 0 Å². The van der Waals surface area contributed by atoms with E-state index < -0.39 is 28.5 Å². The van der Waals surface area contributed by atoms with Crippen LogP contribution in [-0.4, -0.2) is 22.8 Å². The van der Waals surface area contributed by atoms with Crippen LogP contribution in [0.1, 0.15) is 28.2 Å². The fourth-order valence-electron chi connectivity index (χ4n) is 1.89. The molecule has 1 aromatic carbocycles. The minimum absolute atomic E-state index is 0.128. The Morgan fingerprint density at radius 3 is 2.50 bits per heavy atom. The summed E-state index contributed by atoms with van der Waals surface area (Å²) in [6, 6.07) is 5.54. The molecule has 1 atom stereocenters. The van der Waals surface area contributed by atoms with Crippen LogP contribution in [-0.2, 0) is 0 Å². The molecule has 0 aliphatic rings. The number of carbonyl (C=O) groups excluding carboxylic acids is 1. The Morgan fingerprint density at radius 2 is 1.95 bits per heavy atom. The van der Waals surface area contributed by atoms with Gasteiger partial charge < -0.3 is 4.90 Å². The number of amides is 1. The maximum Gasteiger partial charge on any atom is 0.324 e. The monoisotopic (exact) mass is 326 g/mol. The third kappa shape index (κ3) is 3.11. The van der Waals surface area contributed by atoms with Crippen molar-refractivity contribution in [2.75, 3.05) is 7.05 Å². The molecule has 1 unspecified atom stereocenters. The van der Waals surface area contributed by atoms with Gasteiger partial charge in [0, 0.05) is 13.1 Å². The van der Waals surface area contributed by atoms with Crippen LogP contribution >= 0.6 is 11.3 Å². The lowest BCUT2D eigenvalue weighted by Gasteiger charge is -2.24. The van der Waals surface area contributed by atoms with Crippen LogP contribution in [0.25, 0.3) is 0 Å². The first-order valence-corrected chi connectivity index (χ1v) is 7.09. The normalized spacial score (nSPS) is 12.0. The fourth-order valence-corrected chi connectivity index (χ4v) is 2.69. The third-order valence-electron chi connectivity index (χ3n) is 3.31. The third-order valence-corrected chi connectivity index (χ3v) is 4.33. The van der Waals surface area contributed by atoms with Crippen molar-refractivity contribution in [1.29, 1.82) is 0 Å². The zero-order valence-electron chi connectivity index (χ0n) is 11.7. The number of benzene rings is 1. The summed E-state index contributed by atoms with van der Waals surface area (Å²) >= 11 is 0.771. The van der Waals surface area contributed by atoms with E-state index in [0.717, 1.165) is 23.5 Å². The quantitative estimate of drug-likeness (QED) is 0.634. The molecule has 1 amide bonds. The van der Waals surface area contributed by atoms with Gasteiger partial charge >= 0.3 is 5.00 Å². The van der Waals surface area contributed by atoms with Crippen molar-refractivity contribution in [3.05, 3.63) is 62.5 Å². The Balaban J connectivity index is 2.21. The first kappa shape index (κ1) is 16.0. The maximum absolute atomic E-state index is 13.3. The highest BCUT2D eigenvalue weighted by atomic mass is 32.1. The van der Waals surface area contributed by atoms with E-state index in [0.29, 0.717) is 5.56 Å². The van der Waals surface area contributed by atoms with Gasteiger partial charge in [-0.15, -0.1) is 0 Å². The highest BCUT2D eigenvalue weighted by molar-refractivity contribution is 7.17. The molecule has 2 aromatic rings. The van der Waals surface area contributed by atoms with E-state index in [2.05, 4.69) is 0 Å². The van der Waals surface area contributed by atoms with Crippen LogP contribution in [0.4, 0.5) is 13.8 Å². The molecule has 22 heavy (non-hydrogen) atoms. The standard InChI is InChI=1S/C14H12F2N2O3S/c1-8(9-3-4-10(15)11(16)7-9)17(2)14(19)12-5-6-13(22-12)18(20)21/h3-8H,1-2H3. The zero-order valence-corrected chi connectivity index (χ0v) is 12.6. The Bertz CT molecular complexity index is 733. The number of nitrogens with zero attached hydrogens (tertiary/aromatic N) is 2. The molecule has 116 valence electrons. The SMILES string of the molecule is CC(c1ccc(F)c(F)c1)N(C)C(=O)c1ccc([N+](=O)[O-])s1. The molecular formula is C14H12F2N2O3S. The average Bonchev–Trinajstić information content (AvgIpc) is 2.98. The predicted octanol–water partition coefficient (Wildman–Crippen LogP) is 3.77. The van der Waals surface area contributed by atoms with Crippen LogP contribution in [0, 0.1) is 21.7 Å². The summed E-state index contributed by atoms with van der Waals surface area (Å²) in [6.45, 7) is 1.66. The second-order valence-electron chi connectivity index (χ2n) is 4.66. The van der Waals surface area contributed by atoms with Crippen molar-refractivity contribution in [1.82, 2.24) is 4.90 Å². The number of halogens is 2. The summed E-state index contributed by atoms with van der Waals surface area (Å²) in [5.41, 5.74) is 0.431. The highest BCUT2D eigenvalue weighted by Crippen LogP contribution is 2.28. The Kier molecular flexibility index (Phi) is 4.51. The molecule has 0 saturated carbocycles. The number of hydrogen-bond acceptors (Lipinski definition) is 4. The number of thiophene rings is 1. The summed E-state index contributed by atoms with van der Waals surface area (Å²) in [7, 11) is 1.50. The van der Waals surface area contributed by atoms with E-state index in [4.69, 9.17) is 0 Å². The summed E-state index contributed by atoms with van der Waals surface area (Å²) in [6.07, 6.45) is 0. The molecule has 0 fully saturated rings. The molecule has 0 N–H and O–H groups in total. The molecule has 0 aliphatic carbocycles. The number of rotatable bonds is 4. The van der Waals surface area contributed by atoms with E-state index in [1.165, 1.54) is 30.1 Å². The fraction of sp³-hybridized carbons (Fsp3) is 0.214. The van der Waals surface area contributed by atoms with Gasteiger partial charge in [-0.1, -0.05) is 17.4 Å². The van der Waals surface area contributed by atoms with E-state index >= 15 is 0 Å². The molecular weight excluding hydrogens is 314 g/mol. The Hall–Kier alpha value is -2.35. The first-order chi connectivity index (χ1) is 10.3. The molecule has 1 heterocycles. The largest absolute Gasteiger partial charge is 0.334 e. The second kappa shape index (κ2) is 6.18. The molecule has 0 spiro atoms. The Morgan fingerprint density at radius 1 is 1.27 bits per heavy atom. The maximum atomic E-state index is 13.3. The van der Waals surface area contributed by atoms with Crippen LogP contribution in [0.15, 0.2) is 30.3 Å². The molecule has 1 aromatic heterocycles. The lowest BCUT2D eigenvalue weighted by atomic mass is 10.1. The van der Waals surface area contributed by atoms with Crippen LogP contribution in [0.5, 0.6) is 0 Å². The van der Waals surface area contributed by atoms with Gasteiger partial charge in [-0.25, -0.2) is 8.78 Å². The zero-order chi connectivity index (χ0) is 16.4. The minimum Gasteiger partial charge on any atom is -0.334 e. The molecule has 2 rings (SSSR count). The lowest BCUT2D eigenvalue weighted by Crippen LogP contribution is -2.29. The summed E-state index contributed by atoms with van der Waals surface area (Å²) in [5.74, 6) is -2.37. The van der Waals surface area contributed by atoms with Crippen LogP contribution in [0.3, 0.4) is 0 Å². The molecule has 0 saturated heterocycles. The smallest absolute Gasteiger partial charge is 0.324 e. The van der Waals surface area contributed by atoms with Gasteiger partial charge in [-0.2, -0.15) is 0 Å². The number of hydrogen-bond donors (Lipinski definition) is 0. The van der Waals surface area contributed by atoms with Crippen LogP contribution < -0.4 is 0 Å². The Labute approximate surface area is 128 Å². The number of carbonyl (C=O) groups is 1. The van der Waals surface area contributed by atoms with Gasteiger partial charge in [0.2, 0.25) is 0 Å². The summed E-state index contributed by atoms with van der Waals surface area (Å²) < 4.78 is 26.2. The van der Waals surface area contributed by atoms with Crippen molar-refractivity contribution in [3.63, 3.8) is 0 Å². The number of nitro groups is 1. The van der Waals surface area contributed by atoms with Gasteiger partial charge in [0.15, 0.2) is 11.6 Å². The highest BCUT2D eigenvalue weighted by Gasteiger charge is 2.23. The molecule has 0 radical (unpaired) electrons. The van der Waals surface area contributed by atoms with Crippen molar-refractivity contribution >= 4 is 22.2 Å². The van der Waals surface area contributed by atoms with E-state index in [-0.39, 0.29) is 9.88 Å². The first-order valence-electron chi connectivity index (χ1n) is 6.27. The second-order valence-corrected chi connectivity index (χ2v) is 5.72. The minimum atomic E-state index is -0.989. The average molecular weight is 326 g/mol. The van der Waals surface area contributed by atoms with Crippen molar-refractivity contribution in [2.45, 2.75) is 13.0 Å². The van der Waals surface area contributed by atoms with Gasteiger partial charge in [-0.3, -0.25) is 14.9 Å².